The zero-order chi connectivity index (χ0) is 13.0. The molecule has 0 aliphatic carbocycles. The van der Waals surface area contributed by atoms with E-state index in [1.807, 2.05) is 29.8 Å². The molecule has 18 heavy (non-hydrogen) atoms. The monoisotopic (exact) mass is 277 g/mol. The number of carbonyl (C=O) groups is 1. The topological polar surface area (TPSA) is 29.1 Å². The first-order valence-corrected chi connectivity index (χ1v) is 6.74. The standard InChI is InChI=1S/C14H12ClNOS/c1-10-8-12(15)3-4-13(10)16-14(17)5-2-11-6-7-18-9-11/h2-9H,1H3,(H,16,17)/b5-2+. The third-order valence-electron chi connectivity index (χ3n) is 2.42. The predicted molar refractivity (Wildman–Crippen MR) is 78.2 cm³/mol. The summed E-state index contributed by atoms with van der Waals surface area (Å²) in [4.78, 5) is 11.7. The molecule has 0 bridgehead atoms. The lowest BCUT2D eigenvalue weighted by molar-refractivity contribution is -0.111. The molecule has 2 aromatic rings. The Bertz CT molecular complexity index is 575. The predicted octanol–water partition coefficient (Wildman–Crippen LogP) is 4.36. The molecule has 4 heteroatoms. The van der Waals surface area contributed by atoms with Gasteiger partial charge in [-0.05, 0) is 59.2 Å². The number of nitrogens with one attached hydrogen (secondary N) is 1. The Labute approximate surface area is 115 Å². The zero-order valence-electron chi connectivity index (χ0n) is 9.81. The third-order valence-corrected chi connectivity index (χ3v) is 3.35. The number of halogens is 1. The zero-order valence-corrected chi connectivity index (χ0v) is 11.4. The van der Waals surface area contributed by atoms with Gasteiger partial charge in [0.25, 0.3) is 0 Å². The highest BCUT2D eigenvalue weighted by Crippen LogP contribution is 2.19. The van der Waals surface area contributed by atoms with E-state index in [-0.39, 0.29) is 5.91 Å². The van der Waals surface area contributed by atoms with Crippen LogP contribution in [0.1, 0.15) is 11.1 Å². The van der Waals surface area contributed by atoms with Crippen LogP contribution in [0.5, 0.6) is 0 Å². The molecule has 1 N–H and O–H groups in total. The lowest BCUT2D eigenvalue weighted by atomic mass is 10.2. The first-order chi connectivity index (χ1) is 8.65. The normalized spacial score (nSPS) is 10.8. The number of amides is 1. The summed E-state index contributed by atoms with van der Waals surface area (Å²) in [5.41, 5.74) is 2.75. The SMILES string of the molecule is Cc1cc(Cl)ccc1NC(=O)/C=C/c1ccsc1. The first-order valence-electron chi connectivity index (χ1n) is 5.42. The Morgan fingerprint density at radius 2 is 2.22 bits per heavy atom. The van der Waals surface area contributed by atoms with E-state index in [1.54, 1.807) is 29.5 Å². The minimum absolute atomic E-state index is 0.147. The van der Waals surface area contributed by atoms with Crippen LogP contribution < -0.4 is 5.32 Å². The van der Waals surface area contributed by atoms with E-state index in [2.05, 4.69) is 5.32 Å². The van der Waals surface area contributed by atoms with Crippen molar-refractivity contribution in [3.63, 3.8) is 0 Å². The maximum atomic E-state index is 11.7. The molecule has 0 saturated carbocycles. The largest absolute Gasteiger partial charge is 0.322 e. The smallest absolute Gasteiger partial charge is 0.248 e. The fraction of sp³-hybridized carbons (Fsp3) is 0.0714. The summed E-state index contributed by atoms with van der Waals surface area (Å²) in [5, 5.41) is 7.44. The Morgan fingerprint density at radius 1 is 1.39 bits per heavy atom. The van der Waals surface area contributed by atoms with Gasteiger partial charge in [-0.15, -0.1) is 0 Å². The van der Waals surface area contributed by atoms with Crippen LogP contribution in [-0.2, 0) is 4.79 Å². The van der Waals surface area contributed by atoms with Gasteiger partial charge in [0.05, 0.1) is 0 Å². The van der Waals surface area contributed by atoms with Gasteiger partial charge in [0.1, 0.15) is 0 Å². The summed E-state index contributed by atoms with van der Waals surface area (Å²) in [7, 11) is 0. The molecule has 1 aromatic heterocycles. The number of benzene rings is 1. The van der Waals surface area contributed by atoms with Crippen molar-refractivity contribution in [2.45, 2.75) is 6.92 Å². The van der Waals surface area contributed by atoms with Crippen LogP contribution in [0, 0.1) is 6.92 Å². The van der Waals surface area contributed by atoms with E-state index in [1.165, 1.54) is 6.08 Å². The van der Waals surface area contributed by atoms with E-state index < -0.39 is 0 Å². The van der Waals surface area contributed by atoms with Crippen molar-refractivity contribution in [3.8, 4) is 0 Å². The van der Waals surface area contributed by atoms with Crippen molar-refractivity contribution in [1.29, 1.82) is 0 Å². The lowest BCUT2D eigenvalue weighted by Gasteiger charge is -2.06. The van der Waals surface area contributed by atoms with Crippen molar-refractivity contribution in [2.24, 2.45) is 0 Å². The molecule has 0 unspecified atom stereocenters. The summed E-state index contributed by atoms with van der Waals surface area (Å²) in [6.45, 7) is 1.91. The van der Waals surface area contributed by atoms with E-state index >= 15 is 0 Å². The summed E-state index contributed by atoms with van der Waals surface area (Å²) in [5.74, 6) is -0.147. The molecule has 0 atom stereocenters. The molecule has 0 fully saturated rings. The molecular weight excluding hydrogens is 266 g/mol. The fourth-order valence-corrected chi connectivity index (χ4v) is 2.34. The number of aryl methyl sites for hydroxylation is 1. The number of hydrogen-bond acceptors (Lipinski definition) is 2. The van der Waals surface area contributed by atoms with Gasteiger partial charge in [0.15, 0.2) is 0 Å². The van der Waals surface area contributed by atoms with Crippen LogP contribution in [-0.4, -0.2) is 5.91 Å². The second kappa shape index (κ2) is 5.85. The van der Waals surface area contributed by atoms with Crippen molar-refractivity contribution >= 4 is 40.6 Å². The Balaban J connectivity index is 2.03. The molecule has 2 rings (SSSR count). The van der Waals surface area contributed by atoms with Gasteiger partial charge in [-0.1, -0.05) is 11.6 Å². The van der Waals surface area contributed by atoms with Gasteiger partial charge in [0.2, 0.25) is 5.91 Å². The number of rotatable bonds is 3. The van der Waals surface area contributed by atoms with Crippen LogP contribution in [0.3, 0.4) is 0 Å². The van der Waals surface area contributed by atoms with Crippen LogP contribution >= 0.6 is 22.9 Å². The number of anilines is 1. The minimum Gasteiger partial charge on any atom is -0.322 e. The molecule has 0 saturated heterocycles. The van der Waals surface area contributed by atoms with E-state index in [0.717, 1.165) is 16.8 Å². The molecular formula is C14H12ClNOS. The van der Waals surface area contributed by atoms with Crippen molar-refractivity contribution in [2.75, 3.05) is 5.32 Å². The first kappa shape index (κ1) is 12.9. The number of carbonyl (C=O) groups excluding carboxylic acids is 1. The summed E-state index contributed by atoms with van der Waals surface area (Å²) in [6.07, 6.45) is 3.31. The van der Waals surface area contributed by atoms with Crippen LogP contribution in [0.4, 0.5) is 5.69 Å². The minimum atomic E-state index is -0.147. The summed E-state index contributed by atoms with van der Waals surface area (Å²) < 4.78 is 0. The van der Waals surface area contributed by atoms with Crippen molar-refractivity contribution < 1.29 is 4.79 Å². The number of thiophene rings is 1. The third kappa shape index (κ3) is 3.45. The number of hydrogen-bond donors (Lipinski definition) is 1. The highest BCUT2D eigenvalue weighted by molar-refractivity contribution is 7.08. The van der Waals surface area contributed by atoms with E-state index in [4.69, 9.17) is 11.6 Å². The highest BCUT2D eigenvalue weighted by Gasteiger charge is 2.02. The molecule has 0 aliphatic heterocycles. The Morgan fingerprint density at radius 3 is 2.89 bits per heavy atom. The van der Waals surface area contributed by atoms with Crippen LogP contribution in [0.15, 0.2) is 41.1 Å². The molecule has 0 radical (unpaired) electrons. The van der Waals surface area contributed by atoms with Crippen molar-refractivity contribution in [1.82, 2.24) is 0 Å². The average molecular weight is 278 g/mol. The van der Waals surface area contributed by atoms with Gasteiger partial charge in [0, 0.05) is 16.8 Å². The van der Waals surface area contributed by atoms with Gasteiger partial charge in [-0.25, -0.2) is 0 Å². The van der Waals surface area contributed by atoms with Gasteiger partial charge < -0.3 is 5.32 Å². The summed E-state index contributed by atoms with van der Waals surface area (Å²) >= 11 is 7.46. The molecule has 1 heterocycles. The van der Waals surface area contributed by atoms with Gasteiger partial charge >= 0.3 is 0 Å². The molecule has 2 nitrogen and oxygen atoms in total. The van der Waals surface area contributed by atoms with Gasteiger partial charge in [-0.3, -0.25) is 4.79 Å². The maximum Gasteiger partial charge on any atom is 0.248 e. The van der Waals surface area contributed by atoms with E-state index in [0.29, 0.717) is 5.02 Å². The van der Waals surface area contributed by atoms with Crippen molar-refractivity contribution in [3.05, 3.63) is 57.3 Å². The fourth-order valence-electron chi connectivity index (χ4n) is 1.48. The lowest BCUT2D eigenvalue weighted by Crippen LogP contribution is -2.08. The second-order valence-electron chi connectivity index (χ2n) is 3.84. The second-order valence-corrected chi connectivity index (χ2v) is 5.05. The Kier molecular flexibility index (Phi) is 4.18. The summed E-state index contributed by atoms with van der Waals surface area (Å²) in [6, 6.07) is 7.34. The molecule has 1 aromatic carbocycles. The average Bonchev–Trinajstić information content (AvgIpc) is 2.83. The van der Waals surface area contributed by atoms with E-state index in [9.17, 15) is 4.79 Å². The molecule has 0 aliphatic rings. The van der Waals surface area contributed by atoms with Crippen LogP contribution in [0.2, 0.25) is 5.02 Å². The quantitative estimate of drug-likeness (QED) is 0.830. The molecule has 0 spiro atoms. The molecule has 92 valence electrons. The highest BCUT2D eigenvalue weighted by atomic mass is 35.5. The van der Waals surface area contributed by atoms with Gasteiger partial charge in [-0.2, -0.15) is 11.3 Å². The Hall–Kier alpha value is -1.58. The van der Waals surface area contributed by atoms with Crippen LogP contribution in [0.25, 0.3) is 6.08 Å². The maximum absolute atomic E-state index is 11.7. The molecule has 1 amide bonds.